The molecule has 0 bridgehead atoms. The van der Waals surface area contributed by atoms with Crippen molar-refractivity contribution in [3.8, 4) is 11.8 Å². The van der Waals surface area contributed by atoms with Gasteiger partial charge in [-0.2, -0.15) is 5.26 Å². The van der Waals surface area contributed by atoms with Gasteiger partial charge < -0.3 is 19.7 Å². The molecule has 0 radical (unpaired) electrons. The van der Waals surface area contributed by atoms with Gasteiger partial charge in [-0.3, -0.25) is 9.69 Å². The Morgan fingerprint density at radius 1 is 1.20 bits per heavy atom. The van der Waals surface area contributed by atoms with Crippen LogP contribution in [0.15, 0.2) is 24.3 Å². The molecule has 8 heteroatoms. The molecule has 8 nitrogen and oxygen atoms in total. The molecule has 1 aromatic carbocycles. The summed E-state index contributed by atoms with van der Waals surface area (Å²) < 4.78 is 11.2. The minimum absolute atomic E-state index is 0.0439. The van der Waals surface area contributed by atoms with Gasteiger partial charge in [-0.05, 0) is 49.6 Å². The molecule has 1 aromatic heterocycles. The number of carbonyl (C=O) groups excluding carboxylic acids is 1. The SMILES string of the molecule is COc1ccc(NC(=O)CN2CCN(c3nc(C(C)C)c4c(c3C#N)CC(C)(C)OC4)CC2)cc1. The molecule has 2 aliphatic rings. The summed E-state index contributed by atoms with van der Waals surface area (Å²) in [6.45, 7) is 12.1. The maximum atomic E-state index is 12.6. The zero-order valence-electron chi connectivity index (χ0n) is 21.4. The number of anilines is 2. The lowest BCUT2D eigenvalue weighted by Gasteiger charge is -2.38. The van der Waals surface area contributed by atoms with Crippen molar-refractivity contribution in [1.29, 1.82) is 5.26 Å². The average Bonchev–Trinajstić information content (AvgIpc) is 2.83. The number of hydrogen-bond acceptors (Lipinski definition) is 7. The highest BCUT2D eigenvalue weighted by molar-refractivity contribution is 5.92. The molecule has 3 heterocycles. The van der Waals surface area contributed by atoms with Gasteiger partial charge in [0.1, 0.15) is 17.6 Å². The molecule has 4 rings (SSSR count). The molecule has 0 spiro atoms. The number of pyridine rings is 1. The molecule has 2 aromatic rings. The number of ether oxygens (including phenoxy) is 2. The quantitative estimate of drug-likeness (QED) is 0.678. The topological polar surface area (TPSA) is 90.7 Å². The normalized spacial score (nSPS) is 17.6. The van der Waals surface area contributed by atoms with E-state index in [1.54, 1.807) is 7.11 Å². The van der Waals surface area contributed by atoms with Crippen LogP contribution >= 0.6 is 0 Å². The van der Waals surface area contributed by atoms with Crippen LogP contribution in [0, 0.1) is 11.3 Å². The maximum absolute atomic E-state index is 12.6. The van der Waals surface area contributed by atoms with E-state index < -0.39 is 0 Å². The van der Waals surface area contributed by atoms with E-state index in [0.29, 0.717) is 38.2 Å². The Morgan fingerprint density at radius 2 is 1.89 bits per heavy atom. The van der Waals surface area contributed by atoms with Crippen LogP contribution in [0.3, 0.4) is 0 Å². The molecule has 0 saturated carbocycles. The lowest BCUT2D eigenvalue weighted by atomic mass is 9.86. The summed E-state index contributed by atoms with van der Waals surface area (Å²) in [5.74, 6) is 1.72. The fourth-order valence-electron chi connectivity index (χ4n) is 4.80. The largest absolute Gasteiger partial charge is 0.497 e. The first-order chi connectivity index (χ1) is 16.7. The summed E-state index contributed by atoms with van der Waals surface area (Å²) in [5, 5.41) is 13.1. The maximum Gasteiger partial charge on any atom is 0.238 e. The predicted octanol–water partition coefficient (Wildman–Crippen LogP) is 3.70. The second-order valence-electron chi connectivity index (χ2n) is 10.2. The van der Waals surface area contributed by atoms with E-state index >= 15 is 0 Å². The Kier molecular flexibility index (Phi) is 7.29. The second-order valence-corrected chi connectivity index (χ2v) is 10.2. The lowest BCUT2D eigenvalue weighted by Crippen LogP contribution is -2.49. The average molecular weight is 478 g/mol. The van der Waals surface area contributed by atoms with Gasteiger partial charge >= 0.3 is 0 Å². The summed E-state index contributed by atoms with van der Waals surface area (Å²) in [7, 11) is 1.62. The van der Waals surface area contributed by atoms with Crippen LogP contribution in [-0.2, 0) is 22.6 Å². The van der Waals surface area contributed by atoms with Gasteiger partial charge in [0.2, 0.25) is 5.91 Å². The standard InChI is InChI=1S/C27H35N5O3/c1-18(2)25-23-17-35-27(3,4)14-21(23)22(15-28)26(30-25)32-12-10-31(11-13-32)16-24(33)29-19-6-8-20(34-5)9-7-19/h6-9,18H,10-14,16-17H2,1-5H3,(H,29,33). The van der Waals surface area contributed by atoms with E-state index in [4.69, 9.17) is 14.5 Å². The fourth-order valence-corrected chi connectivity index (χ4v) is 4.80. The van der Waals surface area contributed by atoms with Crippen molar-refractivity contribution in [2.75, 3.05) is 50.1 Å². The fraction of sp³-hybridized carbons (Fsp3) is 0.519. The van der Waals surface area contributed by atoms with Crippen molar-refractivity contribution >= 4 is 17.4 Å². The van der Waals surface area contributed by atoms with E-state index in [1.165, 1.54) is 0 Å². The Balaban J connectivity index is 1.45. The predicted molar refractivity (Wildman–Crippen MR) is 136 cm³/mol. The van der Waals surface area contributed by atoms with Crippen molar-refractivity contribution in [2.24, 2.45) is 0 Å². The first kappa shape index (κ1) is 25.0. The lowest BCUT2D eigenvalue weighted by molar-refractivity contribution is -0.117. The number of nitriles is 1. The molecule has 0 atom stereocenters. The smallest absolute Gasteiger partial charge is 0.238 e. The summed E-state index contributed by atoms with van der Waals surface area (Å²) >= 11 is 0. The molecule has 1 amide bonds. The number of piperazine rings is 1. The molecular formula is C27H35N5O3. The molecule has 0 aliphatic carbocycles. The van der Waals surface area contributed by atoms with Gasteiger partial charge in [0.25, 0.3) is 0 Å². The zero-order valence-corrected chi connectivity index (χ0v) is 21.4. The summed E-state index contributed by atoms with van der Waals surface area (Å²) in [6.07, 6.45) is 0.700. The third kappa shape index (κ3) is 5.58. The van der Waals surface area contributed by atoms with Crippen molar-refractivity contribution < 1.29 is 14.3 Å². The summed E-state index contributed by atoms with van der Waals surface area (Å²) in [6, 6.07) is 9.77. The van der Waals surface area contributed by atoms with E-state index in [1.807, 2.05) is 24.3 Å². The first-order valence-corrected chi connectivity index (χ1v) is 12.2. The minimum Gasteiger partial charge on any atom is -0.497 e. The van der Waals surface area contributed by atoms with Crippen LogP contribution in [0.1, 0.15) is 56.0 Å². The van der Waals surface area contributed by atoms with Crippen LogP contribution in [0.5, 0.6) is 5.75 Å². The number of methoxy groups -OCH3 is 1. The highest BCUT2D eigenvalue weighted by atomic mass is 16.5. The van der Waals surface area contributed by atoms with Gasteiger partial charge in [0.15, 0.2) is 0 Å². The van der Waals surface area contributed by atoms with E-state index in [2.05, 4.69) is 48.9 Å². The van der Waals surface area contributed by atoms with E-state index in [9.17, 15) is 10.1 Å². The molecule has 35 heavy (non-hydrogen) atoms. The molecule has 0 unspecified atom stereocenters. The van der Waals surface area contributed by atoms with Gasteiger partial charge in [0.05, 0.1) is 37.1 Å². The number of benzene rings is 1. The third-order valence-electron chi connectivity index (χ3n) is 6.71. The van der Waals surface area contributed by atoms with Crippen LogP contribution in [0.4, 0.5) is 11.5 Å². The molecule has 1 saturated heterocycles. The summed E-state index contributed by atoms with van der Waals surface area (Å²) in [5.41, 5.74) is 4.30. The second kappa shape index (κ2) is 10.2. The molecule has 1 N–H and O–H groups in total. The number of nitrogens with zero attached hydrogens (tertiary/aromatic N) is 4. The Hall–Kier alpha value is -3.15. The van der Waals surface area contributed by atoms with Crippen LogP contribution in [-0.4, -0.2) is 61.2 Å². The van der Waals surface area contributed by atoms with Crippen molar-refractivity contribution in [3.05, 3.63) is 46.6 Å². The zero-order chi connectivity index (χ0) is 25.2. The highest BCUT2D eigenvalue weighted by Gasteiger charge is 2.34. The number of amides is 1. The number of hydrogen-bond donors (Lipinski definition) is 1. The van der Waals surface area contributed by atoms with Crippen molar-refractivity contribution in [2.45, 2.75) is 52.2 Å². The van der Waals surface area contributed by atoms with E-state index in [0.717, 1.165) is 47.2 Å². The van der Waals surface area contributed by atoms with Gasteiger partial charge in [-0.25, -0.2) is 4.98 Å². The first-order valence-electron chi connectivity index (χ1n) is 12.2. The Bertz CT molecular complexity index is 1110. The number of fused-ring (bicyclic) bond motifs is 1. The molecular weight excluding hydrogens is 442 g/mol. The Morgan fingerprint density at radius 3 is 2.49 bits per heavy atom. The minimum atomic E-state index is -0.304. The van der Waals surface area contributed by atoms with Crippen LogP contribution < -0.4 is 15.0 Å². The highest BCUT2D eigenvalue weighted by Crippen LogP contribution is 2.37. The van der Waals surface area contributed by atoms with Crippen molar-refractivity contribution in [1.82, 2.24) is 9.88 Å². The van der Waals surface area contributed by atoms with Crippen LogP contribution in [0.2, 0.25) is 0 Å². The molecule has 186 valence electrons. The van der Waals surface area contributed by atoms with Gasteiger partial charge in [0, 0.05) is 43.9 Å². The summed E-state index contributed by atoms with van der Waals surface area (Å²) in [4.78, 5) is 21.9. The number of carbonyl (C=O) groups is 1. The van der Waals surface area contributed by atoms with Gasteiger partial charge in [-0.1, -0.05) is 13.8 Å². The van der Waals surface area contributed by atoms with E-state index in [-0.39, 0.29) is 17.4 Å². The van der Waals surface area contributed by atoms with Crippen molar-refractivity contribution in [3.63, 3.8) is 0 Å². The van der Waals surface area contributed by atoms with Crippen LogP contribution in [0.25, 0.3) is 0 Å². The monoisotopic (exact) mass is 477 g/mol. The number of rotatable bonds is 6. The molecule has 1 fully saturated rings. The number of aromatic nitrogens is 1. The third-order valence-corrected chi connectivity index (χ3v) is 6.71. The Labute approximate surface area is 207 Å². The number of nitrogens with one attached hydrogen (secondary N) is 1. The van der Waals surface area contributed by atoms with Gasteiger partial charge in [-0.15, -0.1) is 0 Å². The molecule has 2 aliphatic heterocycles.